The number of carbonyl (C=O) groups is 2. The summed E-state index contributed by atoms with van der Waals surface area (Å²) in [4.78, 5) is 27.1. The summed E-state index contributed by atoms with van der Waals surface area (Å²) in [5, 5.41) is 4.75. The Morgan fingerprint density at radius 2 is 2.06 bits per heavy atom. The molecule has 4 nitrogen and oxygen atoms in total. The summed E-state index contributed by atoms with van der Waals surface area (Å²) in [6, 6.07) is 7.28. The lowest BCUT2D eigenvalue weighted by atomic mass is 10.2. The second-order valence-corrected chi connectivity index (χ2v) is 5.55. The summed E-state index contributed by atoms with van der Waals surface area (Å²) in [7, 11) is 0. The summed E-state index contributed by atoms with van der Waals surface area (Å²) >= 11 is 3.34. The Bertz CT molecular complexity index is 610. The van der Waals surface area contributed by atoms with Crippen molar-refractivity contribution in [2.24, 2.45) is 0 Å². The number of nitrogens with one attached hydrogen (secondary N) is 1. The molecule has 0 unspecified atom stereocenters. The van der Waals surface area contributed by atoms with Crippen LogP contribution in [0.3, 0.4) is 0 Å². The van der Waals surface area contributed by atoms with Crippen LogP contribution in [0.1, 0.15) is 27.8 Å². The van der Waals surface area contributed by atoms with Gasteiger partial charge in [0.2, 0.25) is 0 Å². The second kappa shape index (κ2) is 5.57. The largest absolute Gasteiger partial charge is 0.298 e. The SMILES string of the molecule is CC(=O)c1csc(NC(=O)c2ccccc2I)n1. The van der Waals surface area contributed by atoms with Crippen LogP contribution in [0.25, 0.3) is 0 Å². The van der Waals surface area contributed by atoms with E-state index in [4.69, 9.17) is 0 Å². The van der Waals surface area contributed by atoms with E-state index in [-0.39, 0.29) is 11.7 Å². The zero-order chi connectivity index (χ0) is 13.1. The maximum Gasteiger partial charge on any atom is 0.258 e. The maximum absolute atomic E-state index is 12.0. The lowest BCUT2D eigenvalue weighted by Crippen LogP contribution is -2.13. The molecule has 1 aromatic heterocycles. The second-order valence-electron chi connectivity index (χ2n) is 3.53. The van der Waals surface area contributed by atoms with Crippen molar-refractivity contribution in [3.63, 3.8) is 0 Å². The summed E-state index contributed by atoms with van der Waals surface area (Å²) in [5.41, 5.74) is 0.968. The van der Waals surface area contributed by atoms with Crippen molar-refractivity contribution in [1.82, 2.24) is 4.98 Å². The topological polar surface area (TPSA) is 59.1 Å². The number of halogens is 1. The quantitative estimate of drug-likeness (QED) is 0.665. The number of thiazole rings is 1. The van der Waals surface area contributed by atoms with E-state index in [1.165, 1.54) is 18.3 Å². The summed E-state index contributed by atoms with van der Waals surface area (Å²) in [6.45, 7) is 1.45. The van der Waals surface area contributed by atoms with Gasteiger partial charge in [-0.15, -0.1) is 11.3 Å². The number of hydrogen-bond donors (Lipinski definition) is 1. The Labute approximate surface area is 122 Å². The molecular weight excluding hydrogens is 363 g/mol. The standard InChI is InChI=1S/C12H9IN2O2S/c1-7(16)10-6-18-12(14-10)15-11(17)8-4-2-3-5-9(8)13/h2-6H,1H3,(H,14,15,17). The Hall–Kier alpha value is -1.28. The zero-order valence-electron chi connectivity index (χ0n) is 9.44. The molecule has 1 N–H and O–H groups in total. The van der Waals surface area contributed by atoms with Gasteiger partial charge in [-0.1, -0.05) is 12.1 Å². The predicted octanol–water partition coefficient (Wildman–Crippen LogP) is 3.20. The molecule has 0 bridgehead atoms. The smallest absolute Gasteiger partial charge is 0.258 e. The van der Waals surface area contributed by atoms with Gasteiger partial charge in [-0.05, 0) is 34.7 Å². The fourth-order valence-corrected chi connectivity index (χ4v) is 2.68. The van der Waals surface area contributed by atoms with Crippen LogP contribution < -0.4 is 5.32 Å². The molecule has 0 saturated carbocycles. The van der Waals surface area contributed by atoms with Crippen LogP contribution in [0.4, 0.5) is 5.13 Å². The van der Waals surface area contributed by atoms with E-state index in [0.29, 0.717) is 16.4 Å². The molecule has 0 aliphatic heterocycles. The number of aromatic nitrogens is 1. The van der Waals surface area contributed by atoms with Crippen molar-refractivity contribution in [2.75, 3.05) is 5.32 Å². The molecule has 1 aromatic carbocycles. The Morgan fingerprint density at radius 3 is 2.67 bits per heavy atom. The van der Waals surface area contributed by atoms with Crippen molar-refractivity contribution in [1.29, 1.82) is 0 Å². The number of ketones is 1. The molecule has 0 fully saturated rings. The number of hydrogen-bond acceptors (Lipinski definition) is 4. The van der Waals surface area contributed by atoms with E-state index < -0.39 is 0 Å². The number of anilines is 1. The summed E-state index contributed by atoms with van der Waals surface area (Å²) < 4.78 is 0.871. The number of carbonyl (C=O) groups excluding carboxylic acids is 2. The van der Waals surface area contributed by atoms with Crippen molar-refractivity contribution < 1.29 is 9.59 Å². The van der Waals surface area contributed by atoms with Crippen LogP contribution >= 0.6 is 33.9 Å². The van der Waals surface area contributed by atoms with Crippen molar-refractivity contribution >= 4 is 50.7 Å². The van der Waals surface area contributed by atoms with Crippen molar-refractivity contribution in [2.45, 2.75) is 6.92 Å². The van der Waals surface area contributed by atoms with Gasteiger partial charge in [0.15, 0.2) is 10.9 Å². The fourth-order valence-electron chi connectivity index (χ4n) is 1.30. The van der Waals surface area contributed by atoms with Gasteiger partial charge in [0, 0.05) is 15.9 Å². The van der Waals surface area contributed by atoms with Gasteiger partial charge in [0.25, 0.3) is 5.91 Å². The molecule has 1 heterocycles. The van der Waals surface area contributed by atoms with Gasteiger partial charge in [-0.25, -0.2) is 4.98 Å². The normalized spacial score (nSPS) is 10.1. The van der Waals surface area contributed by atoms with Crippen LogP contribution in [0.5, 0.6) is 0 Å². The van der Waals surface area contributed by atoms with Gasteiger partial charge in [-0.3, -0.25) is 14.9 Å². The van der Waals surface area contributed by atoms with Crippen molar-refractivity contribution in [3.8, 4) is 0 Å². The molecule has 2 aromatic rings. The highest BCUT2D eigenvalue weighted by Gasteiger charge is 2.12. The molecule has 2 rings (SSSR count). The number of benzene rings is 1. The fraction of sp³-hybridized carbons (Fsp3) is 0.0833. The maximum atomic E-state index is 12.0. The molecule has 6 heteroatoms. The van der Waals surface area contributed by atoms with Gasteiger partial charge in [-0.2, -0.15) is 0 Å². The lowest BCUT2D eigenvalue weighted by molar-refractivity contribution is 0.100. The predicted molar refractivity (Wildman–Crippen MR) is 79.2 cm³/mol. The summed E-state index contributed by atoms with van der Waals surface area (Å²) in [6.07, 6.45) is 0. The van der Waals surface area contributed by atoms with E-state index in [1.54, 1.807) is 17.5 Å². The van der Waals surface area contributed by atoms with E-state index in [9.17, 15) is 9.59 Å². The number of Topliss-reactive ketones (excluding diaryl/α,β-unsaturated/α-hetero) is 1. The summed E-state index contributed by atoms with van der Waals surface area (Å²) in [5.74, 6) is -0.328. The first-order valence-corrected chi connectivity index (χ1v) is 7.06. The van der Waals surface area contributed by atoms with Gasteiger partial charge >= 0.3 is 0 Å². The van der Waals surface area contributed by atoms with Crippen LogP contribution in [-0.2, 0) is 0 Å². The van der Waals surface area contributed by atoms with Gasteiger partial charge < -0.3 is 0 Å². The minimum absolute atomic E-state index is 0.110. The molecule has 0 spiro atoms. The van der Waals surface area contributed by atoms with Crippen LogP contribution in [0, 0.1) is 3.57 Å². The molecule has 0 atom stereocenters. The molecule has 0 saturated heterocycles. The van der Waals surface area contributed by atoms with Crippen LogP contribution in [-0.4, -0.2) is 16.7 Å². The van der Waals surface area contributed by atoms with Crippen LogP contribution in [0.2, 0.25) is 0 Å². The van der Waals surface area contributed by atoms with Gasteiger partial charge in [0.1, 0.15) is 5.69 Å². The molecule has 92 valence electrons. The van der Waals surface area contributed by atoms with E-state index >= 15 is 0 Å². The highest BCUT2D eigenvalue weighted by molar-refractivity contribution is 14.1. The van der Waals surface area contributed by atoms with Crippen LogP contribution in [0.15, 0.2) is 29.6 Å². The third kappa shape index (κ3) is 2.94. The highest BCUT2D eigenvalue weighted by atomic mass is 127. The number of nitrogens with zero attached hydrogens (tertiary/aromatic N) is 1. The minimum Gasteiger partial charge on any atom is -0.298 e. The van der Waals surface area contributed by atoms with E-state index in [0.717, 1.165) is 3.57 Å². The molecule has 0 aliphatic carbocycles. The Balaban J connectivity index is 2.16. The Kier molecular flexibility index (Phi) is 4.07. The van der Waals surface area contributed by atoms with E-state index in [2.05, 4.69) is 32.9 Å². The highest BCUT2D eigenvalue weighted by Crippen LogP contribution is 2.18. The third-order valence-corrected chi connectivity index (χ3v) is 3.90. The zero-order valence-corrected chi connectivity index (χ0v) is 12.4. The Morgan fingerprint density at radius 1 is 1.33 bits per heavy atom. The third-order valence-electron chi connectivity index (χ3n) is 2.20. The molecule has 0 aliphatic rings. The average Bonchev–Trinajstić information content (AvgIpc) is 2.78. The monoisotopic (exact) mass is 372 g/mol. The minimum atomic E-state index is -0.218. The average molecular weight is 372 g/mol. The lowest BCUT2D eigenvalue weighted by Gasteiger charge is -2.03. The molecule has 1 amide bonds. The van der Waals surface area contributed by atoms with Gasteiger partial charge in [0.05, 0.1) is 5.56 Å². The first kappa shape index (κ1) is 13.2. The van der Waals surface area contributed by atoms with Crippen molar-refractivity contribution in [3.05, 3.63) is 44.5 Å². The number of amides is 1. The first-order chi connectivity index (χ1) is 8.58. The molecule has 0 radical (unpaired) electrons. The van der Waals surface area contributed by atoms with E-state index in [1.807, 2.05) is 12.1 Å². The molecular formula is C12H9IN2O2S. The number of rotatable bonds is 3. The first-order valence-electron chi connectivity index (χ1n) is 5.10. The molecule has 18 heavy (non-hydrogen) atoms.